The van der Waals surface area contributed by atoms with Crippen molar-refractivity contribution in [3.05, 3.63) is 48.5 Å². The first-order valence-corrected chi connectivity index (χ1v) is 7.59. The molecule has 0 atom stereocenters. The van der Waals surface area contributed by atoms with Crippen molar-refractivity contribution in [3.63, 3.8) is 0 Å². The van der Waals surface area contributed by atoms with Gasteiger partial charge in [-0.15, -0.1) is 0 Å². The second-order valence-electron chi connectivity index (χ2n) is 4.52. The molecule has 0 radical (unpaired) electrons. The quantitative estimate of drug-likeness (QED) is 0.764. The Morgan fingerprint density at radius 1 is 1.14 bits per heavy atom. The fourth-order valence-electron chi connectivity index (χ4n) is 2.15. The highest BCUT2D eigenvalue weighted by molar-refractivity contribution is 7.22. The average Bonchev–Trinajstić information content (AvgIpc) is 2.90. The van der Waals surface area contributed by atoms with Gasteiger partial charge in [0.1, 0.15) is 0 Å². The van der Waals surface area contributed by atoms with Gasteiger partial charge in [-0.1, -0.05) is 53.8 Å². The number of thiazole rings is 1. The van der Waals surface area contributed by atoms with Crippen molar-refractivity contribution < 1.29 is 4.79 Å². The molecule has 5 heteroatoms. The highest BCUT2D eigenvalue weighted by atomic mass is 32.1. The van der Waals surface area contributed by atoms with Gasteiger partial charge in [0.2, 0.25) is 0 Å². The summed E-state index contributed by atoms with van der Waals surface area (Å²) in [5.41, 5.74) is 3.18. The molecule has 0 saturated heterocycles. The molecule has 0 aliphatic heterocycles. The Morgan fingerprint density at radius 2 is 1.95 bits per heavy atom. The first-order chi connectivity index (χ1) is 10.3. The molecule has 1 heterocycles. The number of fused-ring (bicyclic) bond motifs is 1. The minimum absolute atomic E-state index is 0.224. The molecule has 0 fully saturated rings. The van der Waals surface area contributed by atoms with Crippen LogP contribution in [0, 0.1) is 0 Å². The maximum absolute atomic E-state index is 11.6. The third-order valence-corrected chi connectivity index (χ3v) is 4.08. The number of amides is 2. The SMILES string of the molecule is CCNC(=O)Nc1nc2cccc(-c3ccccc3)c2s1. The predicted molar refractivity (Wildman–Crippen MR) is 87.8 cm³/mol. The van der Waals surface area contributed by atoms with Crippen LogP contribution in [0.4, 0.5) is 9.93 Å². The van der Waals surface area contributed by atoms with Crippen LogP contribution in [0.1, 0.15) is 6.92 Å². The Labute approximate surface area is 126 Å². The second kappa shape index (κ2) is 5.93. The van der Waals surface area contributed by atoms with Gasteiger partial charge in [-0.25, -0.2) is 9.78 Å². The zero-order chi connectivity index (χ0) is 14.7. The number of carbonyl (C=O) groups excluding carboxylic acids is 1. The molecule has 3 aromatic rings. The van der Waals surface area contributed by atoms with Crippen molar-refractivity contribution in [1.29, 1.82) is 0 Å². The highest BCUT2D eigenvalue weighted by Crippen LogP contribution is 2.34. The van der Waals surface area contributed by atoms with Gasteiger partial charge in [0, 0.05) is 12.1 Å². The van der Waals surface area contributed by atoms with Crippen LogP contribution in [0.25, 0.3) is 21.3 Å². The summed E-state index contributed by atoms with van der Waals surface area (Å²) < 4.78 is 1.08. The van der Waals surface area contributed by atoms with E-state index in [4.69, 9.17) is 0 Å². The van der Waals surface area contributed by atoms with Crippen molar-refractivity contribution in [2.45, 2.75) is 6.92 Å². The molecule has 4 nitrogen and oxygen atoms in total. The van der Waals surface area contributed by atoms with Crippen LogP contribution in [-0.4, -0.2) is 17.6 Å². The van der Waals surface area contributed by atoms with E-state index in [0.717, 1.165) is 21.3 Å². The summed E-state index contributed by atoms with van der Waals surface area (Å²) in [5, 5.41) is 6.08. The molecule has 106 valence electrons. The van der Waals surface area contributed by atoms with Gasteiger partial charge >= 0.3 is 6.03 Å². The minimum atomic E-state index is -0.224. The van der Waals surface area contributed by atoms with E-state index in [0.29, 0.717) is 11.7 Å². The van der Waals surface area contributed by atoms with Crippen LogP contribution in [0.5, 0.6) is 0 Å². The van der Waals surface area contributed by atoms with E-state index in [2.05, 4.69) is 33.8 Å². The Kier molecular flexibility index (Phi) is 3.83. The van der Waals surface area contributed by atoms with Gasteiger partial charge in [-0.2, -0.15) is 0 Å². The number of carbonyl (C=O) groups is 1. The van der Waals surface area contributed by atoms with Crippen LogP contribution in [0.15, 0.2) is 48.5 Å². The van der Waals surface area contributed by atoms with Crippen molar-refractivity contribution in [1.82, 2.24) is 10.3 Å². The average molecular weight is 297 g/mol. The molecule has 21 heavy (non-hydrogen) atoms. The topological polar surface area (TPSA) is 54.0 Å². The third-order valence-electron chi connectivity index (χ3n) is 3.06. The van der Waals surface area contributed by atoms with Crippen LogP contribution in [-0.2, 0) is 0 Å². The molecule has 0 spiro atoms. The van der Waals surface area contributed by atoms with Crippen molar-refractivity contribution >= 4 is 32.7 Å². The zero-order valence-electron chi connectivity index (χ0n) is 11.6. The summed E-state index contributed by atoms with van der Waals surface area (Å²) >= 11 is 1.49. The minimum Gasteiger partial charge on any atom is -0.338 e. The largest absolute Gasteiger partial charge is 0.338 e. The molecular weight excluding hydrogens is 282 g/mol. The maximum Gasteiger partial charge on any atom is 0.321 e. The fraction of sp³-hybridized carbons (Fsp3) is 0.125. The fourth-order valence-corrected chi connectivity index (χ4v) is 3.14. The molecule has 2 aromatic carbocycles. The normalized spacial score (nSPS) is 10.5. The van der Waals surface area contributed by atoms with E-state index < -0.39 is 0 Å². The highest BCUT2D eigenvalue weighted by Gasteiger charge is 2.10. The summed E-state index contributed by atoms with van der Waals surface area (Å²) in [6.45, 7) is 2.47. The number of benzene rings is 2. The smallest absolute Gasteiger partial charge is 0.321 e. The van der Waals surface area contributed by atoms with E-state index in [1.165, 1.54) is 11.3 Å². The lowest BCUT2D eigenvalue weighted by Gasteiger charge is -2.01. The number of rotatable bonds is 3. The van der Waals surface area contributed by atoms with Gasteiger partial charge in [-0.05, 0) is 18.6 Å². The molecule has 0 aliphatic rings. The Hall–Kier alpha value is -2.40. The van der Waals surface area contributed by atoms with Crippen LogP contribution >= 0.6 is 11.3 Å². The molecule has 0 bridgehead atoms. The van der Waals surface area contributed by atoms with Gasteiger partial charge in [-0.3, -0.25) is 5.32 Å². The van der Waals surface area contributed by atoms with Gasteiger partial charge in [0.15, 0.2) is 5.13 Å². The maximum atomic E-state index is 11.6. The van der Waals surface area contributed by atoms with E-state index >= 15 is 0 Å². The summed E-state index contributed by atoms with van der Waals surface area (Å²) in [6, 6.07) is 16.0. The van der Waals surface area contributed by atoms with Crippen molar-refractivity contribution in [2.24, 2.45) is 0 Å². The third kappa shape index (κ3) is 2.87. The summed E-state index contributed by atoms with van der Waals surface area (Å²) in [6.07, 6.45) is 0. The lowest BCUT2D eigenvalue weighted by atomic mass is 10.1. The Balaban J connectivity index is 2.00. The predicted octanol–water partition coefficient (Wildman–Crippen LogP) is 4.10. The number of nitrogens with one attached hydrogen (secondary N) is 2. The van der Waals surface area contributed by atoms with E-state index in [1.54, 1.807) is 0 Å². The Bertz CT molecular complexity index is 768. The van der Waals surface area contributed by atoms with Gasteiger partial charge in [0.05, 0.1) is 10.2 Å². The first kappa shape index (κ1) is 13.6. The molecule has 2 amide bonds. The number of hydrogen-bond acceptors (Lipinski definition) is 3. The molecule has 1 aromatic heterocycles. The molecule has 2 N–H and O–H groups in total. The first-order valence-electron chi connectivity index (χ1n) is 6.77. The number of aromatic nitrogens is 1. The number of anilines is 1. The molecular formula is C16H15N3OS. The van der Waals surface area contributed by atoms with Crippen LogP contribution < -0.4 is 10.6 Å². The van der Waals surface area contributed by atoms with Gasteiger partial charge in [0.25, 0.3) is 0 Å². The van der Waals surface area contributed by atoms with Gasteiger partial charge < -0.3 is 5.32 Å². The summed E-state index contributed by atoms with van der Waals surface area (Å²) in [4.78, 5) is 16.1. The Morgan fingerprint density at radius 3 is 2.71 bits per heavy atom. The lowest BCUT2D eigenvalue weighted by molar-refractivity contribution is 0.252. The molecule has 0 aliphatic carbocycles. The number of nitrogens with zero attached hydrogens (tertiary/aromatic N) is 1. The van der Waals surface area contributed by atoms with Crippen LogP contribution in [0.3, 0.4) is 0 Å². The molecule has 3 rings (SSSR count). The lowest BCUT2D eigenvalue weighted by Crippen LogP contribution is -2.28. The summed E-state index contributed by atoms with van der Waals surface area (Å²) in [7, 11) is 0. The van der Waals surface area contributed by atoms with Crippen LogP contribution in [0.2, 0.25) is 0 Å². The molecule has 0 saturated carbocycles. The van der Waals surface area contributed by atoms with Crippen molar-refractivity contribution in [3.8, 4) is 11.1 Å². The van der Waals surface area contributed by atoms with E-state index in [-0.39, 0.29) is 6.03 Å². The number of hydrogen-bond donors (Lipinski definition) is 2. The zero-order valence-corrected chi connectivity index (χ0v) is 12.4. The monoisotopic (exact) mass is 297 g/mol. The standard InChI is InChI=1S/C16H15N3OS/c1-2-17-15(20)19-16-18-13-10-6-9-12(14(13)21-16)11-7-4-3-5-8-11/h3-10H,2H2,1H3,(H2,17,18,19,20). The summed E-state index contributed by atoms with van der Waals surface area (Å²) in [5.74, 6) is 0. The van der Waals surface area contributed by atoms with E-state index in [9.17, 15) is 4.79 Å². The van der Waals surface area contributed by atoms with E-state index in [1.807, 2.05) is 37.3 Å². The number of urea groups is 1. The molecule has 0 unspecified atom stereocenters. The van der Waals surface area contributed by atoms with Crippen molar-refractivity contribution in [2.75, 3.05) is 11.9 Å². The second-order valence-corrected chi connectivity index (χ2v) is 5.52.